The van der Waals surface area contributed by atoms with Gasteiger partial charge in [-0.25, -0.2) is 4.98 Å². The zero-order valence-corrected chi connectivity index (χ0v) is 11.8. The summed E-state index contributed by atoms with van der Waals surface area (Å²) in [6.07, 6.45) is 0.785. The maximum atomic E-state index is 14.1. The highest BCUT2D eigenvalue weighted by Gasteiger charge is 2.21. The molecular formula is C14H19FN4O2. The van der Waals surface area contributed by atoms with E-state index in [4.69, 9.17) is 4.74 Å². The van der Waals surface area contributed by atoms with Crippen LogP contribution in [0, 0.1) is 5.95 Å². The van der Waals surface area contributed by atoms with Gasteiger partial charge in [0.2, 0.25) is 5.95 Å². The average molecular weight is 294 g/mol. The Labute approximate surface area is 122 Å². The number of hydrogen-bond donors (Lipinski definition) is 2. The fourth-order valence-corrected chi connectivity index (χ4v) is 2.60. The van der Waals surface area contributed by atoms with Crippen molar-refractivity contribution < 1.29 is 13.9 Å². The van der Waals surface area contributed by atoms with Gasteiger partial charge in [0.25, 0.3) is 5.91 Å². The highest BCUT2D eigenvalue weighted by atomic mass is 19.1. The molecule has 2 aliphatic rings. The van der Waals surface area contributed by atoms with Gasteiger partial charge in [-0.15, -0.1) is 0 Å². The fraction of sp³-hybridized carbons (Fsp3) is 0.571. The number of carbonyl (C=O) groups excluding carboxylic acids is 1. The van der Waals surface area contributed by atoms with Gasteiger partial charge in [0.1, 0.15) is 5.69 Å². The molecule has 3 rings (SSSR count). The van der Waals surface area contributed by atoms with E-state index in [-0.39, 0.29) is 17.6 Å². The molecule has 0 aliphatic carbocycles. The number of piperazine rings is 1. The van der Waals surface area contributed by atoms with E-state index in [1.54, 1.807) is 12.1 Å². The first-order valence-corrected chi connectivity index (χ1v) is 7.25. The van der Waals surface area contributed by atoms with Crippen LogP contribution in [0.1, 0.15) is 16.9 Å². The summed E-state index contributed by atoms with van der Waals surface area (Å²) in [5, 5.41) is 6.02. The summed E-state index contributed by atoms with van der Waals surface area (Å²) in [6.45, 7) is 4.28. The molecule has 21 heavy (non-hydrogen) atoms. The Morgan fingerprint density at radius 1 is 1.43 bits per heavy atom. The van der Waals surface area contributed by atoms with Crippen molar-refractivity contribution in [3.63, 3.8) is 0 Å². The predicted octanol–water partition coefficient (Wildman–Crippen LogP) is 0.149. The lowest BCUT2D eigenvalue weighted by Crippen LogP contribution is -2.44. The number of pyridine rings is 1. The summed E-state index contributed by atoms with van der Waals surface area (Å²) in [7, 11) is 0. The Balaban J connectivity index is 1.69. The van der Waals surface area contributed by atoms with Gasteiger partial charge in [-0.05, 0) is 18.6 Å². The molecule has 2 N–H and O–H groups in total. The van der Waals surface area contributed by atoms with Gasteiger partial charge < -0.3 is 20.3 Å². The number of amides is 1. The molecule has 2 fully saturated rings. The van der Waals surface area contributed by atoms with Crippen molar-refractivity contribution in [1.29, 1.82) is 0 Å². The molecule has 1 atom stereocenters. The first-order chi connectivity index (χ1) is 10.2. The Kier molecular flexibility index (Phi) is 4.31. The van der Waals surface area contributed by atoms with E-state index >= 15 is 0 Å². The van der Waals surface area contributed by atoms with E-state index in [1.807, 2.05) is 4.90 Å². The van der Waals surface area contributed by atoms with Gasteiger partial charge in [0.15, 0.2) is 0 Å². The Morgan fingerprint density at radius 2 is 2.24 bits per heavy atom. The van der Waals surface area contributed by atoms with Crippen LogP contribution in [0.4, 0.5) is 10.1 Å². The molecule has 7 heteroatoms. The molecular weight excluding hydrogens is 275 g/mol. The third-order valence-corrected chi connectivity index (χ3v) is 3.78. The normalized spacial score (nSPS) is 22.3. The fourth-order valence-electron chi connectivity index (χ4n) is 2.60. The van der Waals surface area contributed by atoms with Crippen molar-refractivity contribution in [3.8, 4) is 0 Å². The van der Waals surface area contributed by atoms with Gasteiger partial charge in [0.05, 0.1) is 18.3 Å². The van der Waals surface area contributed by atoms with Crippen LogP contribution in [0.15, 0.2) is 12.1 Å². The number of nitrogens with one attached hydrogen (secondary N) is 2. The van der Waals surface area contributed by atoms with Crippen molar-refractivity contribution in [2.24, 2.45) is 0 Å². The number of carbonyl (C=O) groups is 1. The molecule has 3 heterocycles. The molecule has 114 valence electrons. The first kappa shape index (κ1) is 14.2. The smallest absolute Gasteiger partial charge is 0.270 e. The molecule has 0 radical (unpaired) electrons. The highest BCUT2D eigenvalue weighted by molar-refractivity contribution is 5.92. The molecule has 1 aromatic rings. The number of nitrogens with zero attached hydrogens (tertiary/aromatic N) is 2. The van der Waals surface area contributed by atoms with Crippen LogP contribution in [0.3, 0.4) is 0 Å². The number of halogens is 1. The lowest BCUT2D eigenvalue weighted by Gasteiger charge is -2.29. The van der Waals surface area contributed by atoms with E-state index in [2.05, 4.69) is 15.6 Å². The largest absolute Gasteiger partial charge is 0.379 e. The van der Waals surface area contributed by atoms with Crippen molar-refractivity contribution in [3.05, 3.63) is 23.8 Å². The van der Waals surface area contributed by atoms with Crippen molar-refractivity contribution in [2.75, 3.05) is 44.3 Å². The quantitative estimate of drug-likeness (QED) is 0.777. The molecule has 1 amide bonds. The van der Waals surface area contributed by atoms with Crippen LogP contribution < -0.4 is 15.5 Å². The molecule has 2 aliphatic heterocycles. The van der Waals surface area contributed by atoms with Gasteiger partial charge in [-0.1, -0.05) is 0 Å². The predicted molar refractivity (Wildman–Crippen MR) is 76.0 cm³/mol. The molecule has 1 aromatic heterocycles. The molecule has 0 spiro atoms. The lowest BCUT2D eigenvalue weighted by molar-refractivity contribution is 0.0923. The second-order valence-corrected chi connectivity index (χ2v) is 5.28. The van der Waals surface area contributed by atoms with Gasteiger partial charge in [-0.3, -0.25) is 4.79 Å². The average Bonchev–Trinajstić information content (AvgIpc) is 3.01. The first-order valence-electron chi connectivity index (χ1n) is 7.25. The number of rotatable bonds is 3. The van der Waals surface area contributed by atoms with Gasteiger partial charge in [-0.2, -0.15) is 4.39 Å². The zero-order chi connectivity index (χ0) is 14.7. The van der Waals surface area contributed by atoms with Crippen LogP contribution >= 0.6 is 0 Å². The van der Waals surface area contributed by atoms with E-state index < -0.39 is 5.95 Å². The number of ether oxygens (including phenoxy) is 1. The highest BCUT2D eigenvalue weighted by Crippen LogP contribution is 2.18. The third kappa shape index (κ3) is 3.30. The van der Waals surface area contributed by atoms with E-state index in [0.717, 1.165) is 32.6 Å². The van der Waals surface area contributed by atoms with Crippen molar-refractivity contribution in [2.45, 2.75) is 12.5 Å². The minimum atomic E-state index is -0.591. The van der Waals surface area contributed by atoms with Gasteiger partial charge in [0, 0.05) is 32.8 Å². The second-order valence-electron chi connectivity index (χ2n) is 5.28. The van der Waals surface area contributed by atoms with Gasteiger partial charge >= 0.3 is 0 Å². The third-order valence-electron chi connectivity index (χ3n) is 3.78. The van der Waals surface area contributed by atoms with Crippen LogP contribution in [-0.2, 0) is 4.74 Å². The summed E-state index contributed by atoms with van der Waals surface area (Å²) in [5.41, 5.74) is 0.565. The second kappa shape index (κ2) is 6.36. The van der Waals surface area contributed by atoms with Crippen molar-refractivity contribution in [1.82, 2.24) is 15.6 Å². The molecule has 0 aromatic carbocycles. The molecule has 0 bridgehead atoms. The maximum absolute atomic E-state index is 14.1. The van der Waals surface area contributed by atoms with Crippen LogP contribution in [0.2, 0.25) is 0 Å². The monoisotopic (exact) mass is 294 g/mol. The molecule has 0 saturated carbocycles. The summed E-state index contributed by atoms with van der Waals surface area (Å²) >= 11 is 0. The van der Waals surface area contributed by atoms with E-state index in [9.17, 15) is 9.18 Å². The number of anilines is 1. The van der Waals surface area contributed by atoms with Crippen molar-refractivity contribution >= 4 is 11.6 Å². The summed E-state index contributed by atoms with van der Waals surface area (Å²) in [5.74, 6) is -0.941. The number of hydrogen-bond acceptors (Lipinski definition) is 5. The minimum Gasteiger partial charge on any atom is -0.379 e. The molecule has 6 nitrogen and oxygen atoms in total. The topological polar surface area (TPSA) is 66.5 Å². The summed E-state index contributed by atoms with van der Waals surface area (Å²) in [4.78, 5) is 17.8. The molecule has 0 unspecified atom stereocenters. The standard InChI is InChI=1S/C14H19FN4O2/c15-13-12(19-6-4-16-5-7-19)2-1-11(18-13)14(20)17-10-3-8-21-9-10/h1-2,10,16H,3-9H2,(H,17,20)/t10-/m1/s1. The van der Waals surface area contributed by atoms with Crippen LogP contribution in [-0.4, -0.2) is 56.3 Å². The maximum Gasteiger partial charge on any atom is 0.270 e. The Hall–Kier alpha value is -1.73. The Bertz CT molecular complexity index is 514. The lowest BCUT2D eigenvalue weighted by atomic mass is 10.2. The van der Waals surface area contributed by atoms with E-state index in [1.165, 1.54) is 0 Å². The SMILES string of the molecule is O=C(N[C@@H]1CCOC1)c1ccc(N2CCNCC2)c(F)n1. The zero-order valence-electron chi connectivity index (χ0n) is 11.8. The molecule has 2 saturated heterocycles. The Morgan fingerprint density at radius 3 is 2.90 bits per heavy atom. The summed E-state index contributed by atoms with van der Waals surface area (Å²) < 4.78 is 19.3. The number of aromatic nitrogens is 1. The minimum absolute atomic E-state index is 0.00444. The van der Waals surface area contributed by atoms with Crippen LogP contribution in [0.25, 0.3) is 0 Å². The van der Waals surface area contributed by atoms with E-state index in [0.29, 0.717) is 18.9 Å². The summed E-state index contributed by atoms with van der Waals surface area (Å²) in [6, 6.07) is 3.20. The van der Waals surface area contributed by atoms with Crippen LogP contribution in [0.5, 0.6) is 0 Å².